The Labute approximate surface area is 517 Å². The minimum Gasteiger partial charge on any atom is -0.309 e. The number of fused-ring (bicyclic) bond motifs is 14. The second-order valence-corrected chi connectivity index (χ2v) is 22.9. The maximum atomic E-state index is 9.80. The van der Waals surface area contributed by atoms with E-state index in [-0.39, 0.29) is 0 Å². The number of rotatable bonds is 6. The molecule has 0 aliphatic carbocycles. The van der Waals surface area contributed by atoms with Crippen LogP contribution in [0.15, 0.2) is 297 Å². The standard InChI is InChI=1S/C42H25N3.C41H24N4/c43-26-31-25-39(44-38-13-5-3-10-34(31)38)29-20-22-32(23-21-29)45-40-14-6-4-11-36(40)42-35(12-7-15-41(42)45)30-19-18-28-17-16-27-8-1-2-9-33(27)37(28)24-30;42-25-37-33-10-3-5-13-36(33)43-41(44-37)28-20-22-30(23-21-28)45-38-14-6-4-11-34(38)40-32(12-7-15-39(40)45)29-19-18-27-17-16-26-8-1-2-9-31(26)35(27)24-29/h1-25H;1-24H. The lowest BCUT2D eigenvalue weighted by molar-refractivity contribution is 1.17. The van der Waals surface area contributed by atoms with Crippen molar-refractivity contribution in [2.45, 2.75) is 0 Å². The third-order valence-corrected chi connectivity index (χ3v) is 17.9. The zero-order valence-electron chi connectivity index (χ0n) is 48.4. The molecule has 18 rings (SSSR count). The van der Waals surface area contributed by atoms with E-state index >= 15 is 0 Å². The topological polar surface area (TPSA) is 96.1 Å². The molecule has 0 N–H and O–H groups in total. The van der Waals surface area contributed by atoms with Gasteiger partial charge in [-0.2, -0.15) is 10.5 Å². The van der Waals surface area contributed by atoms with Gasteiger partial charge in [-0.3, -0.25) is 0 Å². The normalized spacial score (nSPS) is 11.5. The number of nitrogens with zero attached hydrogens (tertiary/aromatic N) is 7. The quantitative estimate of drug-likeness (QED) is 0.155. The van der Waals surface area contributed by atoms with E-state index in [2.05, 4.69) is 257 Å². The van der Waals surface area contributed by atoms with Crippen LogP contribution in [0.1, 0.15) is 11.3 Å². The van der Waals surface area contributed by atoms with E-state index in [0.717, 1.165) is 72.1 Å². The Morgan fingerprint density at radius 3 is 1.21 bits per heavy atom. The first-order valence-corrected chi connectivity index (χ1v) is 30.1. The molecule has 7 nitrogen and oxygen atoms in total. The molecule has 0 saturated carbocycles. The van der Waals surface area contributed by atoms with Crippen LogP contribution in [-0.2, 0) is 0 Å². The Bertz CT molecular complexity index is 5690. The Morgan fingerprint density at radius 1 is 0.278 bits per heavy atom. The number of nitriles is 2. The molecule has 0 unspecified atom stereocenters. The molecule has 0 saturated heterocycles. The van der Waals surface area contributed by atoms with Crippen LogP contribution in [-0.4, -0.2) is 24.1 Å². The SMILES string of the molecule is N#Cc1cc(-c2ccc(-n3c4ccccc4c4c(-c5ccc6ccc7ccccc7c6c5)cccc43)cc2)nc2ccccc12.N#Cc1nc(-c2ccc(-n3c4ccccc4c4c(-c5ccc6ccc7ccccc7c6c5)cccc43)cc2)nc2ccccc12. The van der Waals surface area contributed by atoms with Crippen LogP contribution in [0.3, 0.4) is 0 Å². The van der Waals surface area contributed by atoms with Crippen molar-refractivity contribution >= 4 is 109 Å². The summed E-state index contributed by atoms with van der Waals surface area (Å²) in [4.78, 5) is 14.2. The number of pyridine rings is 1. The highest BCUT2D eigenvalue weighted by Crippen LogP contribution is 2.43. The average molecular weight is 1140 g/mol. The van der Waals surface area contributed by atoms with E-state index in [1.54, 1.807) is 0 Å². The van der Waals surface area contributed by atoms with Gasteiger partial charge in [0.25, 0.3) is 0 Å². The van der Waals surface area contributed by atoms with E-state index in [9.17, 15) is 10.5 Å². The van der Waals surface area contributed by atoms with E-state index < -0.39 is 0 Å². The molecule has 0 fully saturated rings. The van der Waals surface area contributed by atoms with Crippen molar-refractivity contribution in [3.05, 3.63) is 309 Å². The molecular formula is C83H49N7. The van der Waals surface area contributed by atoms with Crippen LogP contribution in [0.5, 0.6) is 0 Å². The monoisotopic (exact) mass is 1140 g/mol. The Morgan fingerprint density at radius 2 is 0.689 bits per heavy atom. The van der Waals surface area contributed by atoms with Gasteiger partial charge in [0.2, 0.25) is 0 Å². The number of benzene rings is 14. The molecular weight excluding hydrogens is 1090 g/mol. The Balaban J connectivity index is 0.000000139. The minimum absolute atomic E-state index is 0.385. The molecule has 0 atom stereocenters. The van der Waals surface area contributed by atoms with Crippen LogP contribution in [0.2, 0.25) is 0 Å². The number of hydrogen-bond donors (Lipinski definition) is 0. The smallest absolute Gasteiger partial charge is 0.161 e. The van der Waals surface area contributed by atoms with Crippen molar-refractivity contribution < 1.29 is 0 Å². The third kappa shape index (κ3) is 8.53. The lowest BCUT2D eigenvalue weighted by Gasteiger charge is -2.11. The first-order chi connectivity index (χ1) is 44.5. The average Bonchev–Trinajstić information content (AvgIpc) is 1.66. The van der Waals surface area contributed by atoms with Crippen molar-refractivity contribution in [1.29, 1.82) is 10.5 Å². The maximum absolute atomic E-state index is 9.80. The summed E-state index contributed by atoms with van der Waals surface area (Å²) in [6, 6.07) is 109. The van der Waals surface area contributed by atoms with Crippen molar-refractivity contribution in [3.8, 4) is 68.4 Å². The minimum atomic E-state index is 0.385. The van der Waals surface area contributed by atoms with Crippen LogP contribution in [0.25, 0.3) is 165 Å². The van der Waals surface area contributed by atoms with Gasteiger partial charge < -0.3 is 9.13 Å². The Hall–Kier alpha value is -12.6. The van der Waals surface area contributed by atoms with Gasteiger partial charge in [0.1, 0.15) is 6.07 Å². The highest BCUT2D eigenvalue weighted by atomic mass is 15.0. The molecule has 4 heterocycles. The molecule has 416 valence electrons. The van der Waals surface area contributed by atoms with E-state index in [0.29, 0.717) is 17.1 Å². The highest BCUT2D eigenvalue weighted by Gasteiger charge is 2.20. The third-order valence-electron chi connectivity index (χ3n) is 17.9. The summed E-state index contributed by atoms with van der Waals surface area (Å²) in [7, 11) is 0. The van der Waals surface area contributed by atoms with Gasteiger partial charge in [-0.05, 0) is 162 Å². The predicted octanol–water partition coefficient (Wildman–Crippen LogP) is 21.1. The van der Waals surface area contributed by atoms with E-state index in [1.165, 1.54) is 86.9 Å². The van der Waals surface area contributed by atoms with Gasteiger partial charge in [0, 0.05) is 54.8 Å². The molecule has 0 aliphatic rings. The summed E-state index contributed by atoms with van der Waals surface area (Å²) in [5, 5.41) is 36.1. The second kappa shape index (κ2) is 21.1. The molecule has 14 aromatic carbocycles. The van der Waals surface area contributed by atoms with Crippen molar-refractivity contribution in [2.75, 3.05) is 0 Å². The summed E-state index contributed by atoms with van der Waals surface area (Å²) < 4.78 is 4.68. The molecule has 0 bridgehead atoms. The zero-order chi connectivity index (χ0) is 59.8. The molecule has 0 aliphatic heterocycles. The largest absolute Gasteiger partial charge is 0.309 e. The fourth-order valence-corrected chi connectivity index (χ4v) is 13.7. The summed E-state index contributed by atoms with van der Waals surface area (Å²) >= 11 is 0. The molecule has 90 heavy (non-hydrogen) atoms. The van der Waals surface area contributed by atoms with Gasteiger partial charge >= 0.3 is 0 Å². The van der Waals surface area contributed by atoms with Gasteiger partial charge in [0.15, 0.2) is 11.5 Å². The van der Waals surface area contributed by atoms with Crippen LogP contribution < -0.4 is 0 Å². The maximum Gasteiger partial charge on any atom is 0.161 e. The molecule has 7 heteroatoms. The molecule has 0 radical (unpaired) electrons. The first-order valence-electron chi connectivity index (χ1n) is 30.1. The van der Waals surface area contributed by atoms with Crippen molar-refractivity contribution in [1.82, 2.24) is 24.1 Å². The van der Waals surface area contributed by atoms with Crippen molar-refractivity contribution in [3.63, 3.8) is 0 Å². The lowest BCUT2D eigenvalue weighted by atomic mass is 9.95. The number of para-hydroxylation sites is 4. The van der Waals surface area contributed by atoms with Gasteiger partial charge in [-0.25, -0.2) is 15.0 Å². The Kier molecular flexibility index (Phi) is 12.2. The van der Waals surface area contributed by atoms with Crippen LogP contribution in [0.4, 0.5) is 0 Å². The van der Waals surface area contributed by atoms with Crippen LogP contribution in [0, 0.1) is 22.7 Å². The lowest BCUT2D eigenvalue weighted by Crippen LogP contribution is -1.97. The van der Waals surface area contributed by atoms with Gasteiger partial charge in [-0.1, -0.05) is 200 Å². The van der Waals surface area contributed by atoms with E-state index in [4.69, 9.17) is 9.97 Å². The van der Waals surface area contributed by atoms with Crippen molar-refractivity contribution in [2.24, 2.45) is 0 Å². The molecule has 0 spiro atoms. The fourth-order valence-electron chi connectivity index (χ4n) is 13.7. The predicted molar refractivity (Wildman–Crippen MR) is 371 cm³/mol. The van der Waals surface area contributed by atoms with E-state index in [1.807, 2.05) is 66.7 Å². The van der Waals surface area contributed by atoms with Gasteiger partial charge in [-0.15, -0.1) is 0 Å². The summed E-state index contributed by atoms with van der Waals surface area (Å²) in [6.07, 6.45) is 0. The number of aromatic nitrogens is 5. The first kappa shape index (κ1) is 51.8. The number of hydrogen-bond acceptors (Lipinski definition) is 5. The summed E-state index contributed by atoms with van der Waals surface area (Å²) in [5.41, 5.74) is 16.8. The summed E-state index contributed by atoms with van der Waals surface area (Å²) in [5.74, 6) is 0.546. The molecule has 4 aromatic heterocycles. The molecule has 18 aromatic rings. The highest BCUT2D eigenvalue weighted by molar-refractivity contribution is 6.19. The summed E-state index contributed by atoms with van der Waals surface area (Å²) in [6.45, 7) is 0. The molecule has 0 amide bonds. The second-order valence-electron chi connectivity index (χ2n) is 22.9. The van der Waals surface area contributed by atoms with Crippen LogP contribution >= 0.6 is 0 Å². The zero-order valence-corrected chi connectivity index (χ0v) is 48.4. The fraction of sp³-hybridized carbons (Fsp3) is 0. The van der Waals surface area contributed by atoms with Gasteiger partial charge in [0.05, 0.1) is 50.4 Å².